The highest BCUT2D eigenvalue weighted by Gasteiger charge is 2.28. The Balaban J connectivity index is 1.75. The van der Waals surface area contributed by atoms with Crippen molar-refractivity contribution in [3.05, 3.63) is 68.9 Å². The van der Waals surface area contributed by atoms with E-state index in [0.29, 0.717) is 11.3 Å². The van der Waals surface area contributed by atoms with Crippen LogP contribution in [0.1, 0.15) is 6.42 Å². The van der Waals surface area contributed by atoms with Gasteiger partial charge in [-0.25, -0.2) is 0 Å². The van der Waals surface area contributed by atoms with E-state index < -0.39 is 22.7 Å². The number of amides is 1. The molecule has 0 aromatic heterocycles. The van der Waals surface area contributed by atoms with Gasteiger partial charge in [0.2, 0.25) is 0 Å². The molecular weight excluding hydrogens is 350 g/mol. The van der Waals surface area contributed by atoms with Gasteiger partial charge in [0.15, 0.2) is 0 Å². The van der Waals surface area contributed by atoms with Crippen molar-refractivity contribution in [2.75, 3.05) is 0 Å². The first-order valence-corrected chi connectivity index (χ1v) is 7.51. The molecule has 2 aliphatic rings. The molecule has 9 heteroatoms. The van der Waals surface area contributed by atoms with Gasteiger partial charge in [0.1, 0.15) is 10.8 Å². The van der Waals surface area contributed by atoms with Crippen LogP contribution in [0.2, 0.25) is 5.02 Å². The van der Waals surface area contributed by atoms with Gasteiger partial charge < -0.3 is 4.74 Å². The number of nitro groups is 1. The lowest BCUT2D eigenvalue weighted by atomic mass is 9.90. The largest absolute Gasteiger partial charge is 0.426 e. The molecule has 1 heterocycles. The van der Waals surface area contributed by atoms with Gasteiger partial charge in [-0.15, -0.1) is 5.11 Å². The summed E-state index contributed by atoms with van der Waals surface area (Å²) >= 11 is 5.78. The van der Waals surface area contributed by atoms with Crippen LogP contribution in [0, 0.1) is 16.0 Å². The van der Waals surface area contributed by atoms with E-state index in [1.807, 2.05) is 0 Å². The molecule has 0 radical (unpaired) electrons. The van der Waals surface area contributed by atoms with E-state index in [4.69, 9.17) is 16.3 Å². The highest BCUT2D eigenvalue weighted by atomic mass is 35.5. The van der Waals surface area contributed by atoms with Crippen molar-refractivity contribution in [3.8, 4) is 5.75 Å². The van der Waals surface area contributed by atoms with Gasteiger partial charge in [0.05, 0.1) is 23.0 Å². The van der Waals surface area contributed by atoms with Crippen LogP contribution in [0.25, 0.3) is 0 Å². The van der Waals surface area contributed by atoms with E-state index in [0.717, 1.165) is 6.07 Å². The Hall–Kier alpha value is -3.13. The number of hydrogen-bond acceptors (Lipinski definition) is 6. The maximum absolute atomic E-state index is 12.1. The number of nitro benzene ring substituents is 1. The van der Waals surface area contributed by atoms with E-state index in [1.165, 1.54) is 12.1 Å². The van der Waals surface area contributed by atoms with Crippen LogP contribution in [-0.4, -0.2) is 16.8 Å². The molecule has 0 fully saturated rings. The van der Waals surface area contributed by atoms with Crippen LogP contribution >= 0.6 is 11.6 Å². The lowest BCUT2D eigenvalue weighted by Gasteiger charge is -2.18. The number of allylic oxidation sites excluding steroid dienone is 3. The first-order valence-electron chi connectivity index (χ1n) is 7.14. The zero-order valence-corrected chi connectivity index (χ0v) is 13.3. The van der Waals surface area contributed by atoms with Gasteiger partial charge in [-0.05, 0) is 11.6 Å². The Morgan fingerprint density at radius 3 is 2.84 bits per heavy atom. The Kier molecular flexibility index (Phi) is 4.53. The molecule has 0 saturated carbocycles. The van der Waals surface area contributed by atoms with Gasteiger partial charge >= 0.3 is 5.97 Å². The predicted octanol–water partition coefficient (Wildman–Crippen LogP) is 3.53. The van der Waals surface area contributed by atoms with Crippen molar-refractivity contribution in [2.45, 2.75) is 6.42 Å². The number of azo groups is 1. The molecule has 1 aromatic rings. The summed E-state index contributed by atoms with van der Waals surface area (Å²) in [6, 6.07) is 3.61. The molecule has 1 atom stereocenters. The standard InChI is InChI=1S/C16H10ClN3O5/c17-12-7-9(5-6-14(12)20(23)24)25-15(21)8-13-10-3-1-2-4-11(10)16(22)19-18-13/h1-7,11H,8H2. The summed E-state index contributed by atoms with van der Waals surface area (Å²) in [5.41, 5.74) is 0.650. The maximum atomic E-state index is 12.1. The van der Waals surface area contributed by atoms with Gasteiger partial charge in [-0.2, -0.15) is 5.11 Å². The van der Waals surface area contributed by atoms with Gasteiger partial charge in [-0.1, -0.05) is 35.9 Å². The number of ether oxygens (including phenoxy) is 1. The van der Waals surface area contributed by atoms with Crippen LogP contribution in [0.5, 0.6) is 5.75 Å². The number of rotatable bonds is 4. The van der Waals surface area contributed by atoms with E-state index in [9.17, 15) is 19.7 Å². The lowest BCUT2D eigenvalue weighted by Crippen LogP contribution is -2.19. The van der Waals surface area contributed by atoms with Gasteiger partial charge in [0.25, 0.3) is 11.6 Å². The molecule has 3 rings (SSSR count). The van der Waals surface area contributed by atoms with Crippen LogP contribution in [0.15, 0.2) is 64.0 Å². The molecule has 0 N–H and O–H groups in total. The van der Waals surface area contributed by atoms with Crippen molar-refractivity contribution in [2.24, 2.45) is 16.1 Å². The van der Waals surface area contributed by atoms with E-state index in [1.54, 1.807) is 24.3 Å². The monoisotopic (exact) mass is 359 g/mol. The van der Waals surface area contributed by atoms with Crippen molar-refractivity contribution < 1.29 is 19.2 Å². The van der Waals surface area contributed by atoms with E-state index in [2.05, 4.69) is 10.2 Å². The van der Waals surface area contributed by atoms with Crippen LogP contribution in [0.4, 0.5) is 5.69 Å². The normalized spacial score (nSPS) is 18.3. The third-order valence-corrected chi connectivity index (χ3v) is 3.86. The highest BCUT2D eigenvalue weighted by Crippen LogP contribution is 2.31. The summed E-state index contributed by atoms with van der Waals surface area (Å²) in [5, 5.41) is 17.9. The summed E-state index contributed by atoms with van der Waals surface area (Å²) in [5.74, 6) is -1.51. The van der Waals surface area contributed by atoms with Gasteiger partial charge in [0, 0.05) is 12.1 Å². The number of hydrogen-bond donors (Lipinski definition) is 0. The number of halogens is 1. The summed E-state index contributed by atoms with van der Waals surface area (Å²) in [6.45, 7) is 0. The first-order chi connectivity index (χ1) is 12.0. The zero-order chi connectivity index (χ0) is 18.0. The Morgan fingerprint density at radius 1 is 1.32 bits per heavy atom. The number of carbonyl (C=O) groups is 2. The third kappa shape index (κ3) is 3.53. The Morgan fingerprint density at radius 2 is 2.12 bits per heavy atom. The second kappa shape index (κ2) is 6.78. The Labute approximate surface area is 146 Å². The minimum absolute atomic E-state index is 0.0747. The lowest BCUT2D eigenvalue weighted by molar-refractivity contribution is -0.384. The second-order valence-electron chi connectivity index (χ2n) is 5.18. The smallest absolute Gasteiger partial charge is 0.317 e. The first kappa shape index (κ1) is 16.7. The minimum atomic E-state index is -0.651. The number of fused-ring (bicyclic) bond motifs is 1. The van der Waals surface area contributed by atoms with Crippen molar-refractivity contribution in [3.63, 3.8) is 0 Å². The fourth-order valence-electron chi connectivity index (χ4n) is 2.40. The van der Waals surface area contributed by atoms with Crippen LogP contribution in [0.3, 0.4) is 0 Å². The molecule has 25 heavy (non-hydrogen) atoms. The fraction of sp³-hybridized carbons (Fsp3) is 0.125. The number of benzene rings is 1. The molecule has 0 bridgehead atoms. The zero-order valence-electron chi connectivity index (χ0n) is 12.6. The molecule has 8 nitrogen and oxygen atoms in total. The average molecular weight is 360 g/mol. The predicted molar refractivity (Wildman–Crippen MR) is 87.0 cm³/mol. The number of nitrogens with zero attached hydrogens (tertiary/aromatic N) is 3. The average Bonchev–Trinajstić information content (AvgIpc) is 2.57. The summed E-state index contributed by atoms with van der Waals surface area (Å²) in [4.78, 5) is 33.9. The van der Waals surface area contributed by atoms with E-state index >= 15 is 0 Å². The molecular formula is C16H10ClN3O5. The Bertz CT molecular complexity index is 901. The van der Waals surface area contributed by atoms with Crippen molar-refractivity contribution >= 4 is 29.2 Å². The minimum Gasteiger partial charge on any atom is -0.426 e. The molecule has 1 aromatic carbocycles. The molecule has 0 saturated heterocycles. The van der Waals surface area contributed by atoms with Crippen molar-refractivity contribution in [1.82, 2.24) is 0 Å². The molecule has 1 aliphatic carbocycles. The van der Waals surface area contributed by atoms with E-state index in [-0.39, 0.29) is 22.9 Å². The maximum Gasteiger partial charge on any atom is 0.317 e. The summed E-state index contributed by atoms with van der Waals surface area (Å²) < 4.78 is 5.13. The number of esters is 1. The van der Waals surface area contributed by atoms with Crippen LogP contribution < -0.4 is 4.74 Å². The SMILES string of the molecule is O=C(CC1=C2C=CC=CC2C(=O)N=N1)Oc1ccc([N+](=O)[O-])c(Cl)c1. The summed E-state index contributed by atoms with van der Waals surface area (Å²) in [7, 11) is 0. The molecule has 1 unspecified atom stereocenters. The van der Waals surface area contributed by atoms with Crippen LogP contribution in [-0.2, 0) is 9.59 Å². The van der Waals surface area contributed by atoms with Gasteiger partial charge in [-0.3, -0.25) is 19.7 Å². The quantitative estimate of drug-likeness (QED) is 0.353. The second-order valence-corrected chi connectivity index (χ2v) is 5.59. The third-order valence-electron chi connectivity index (χ3n) is 3.55. The molecule has 1 amide bonds. The van der Waals surface area contributed by atoms with Crippen molar-refractivity contribution in [1.29, 1.82) is 0 Å². The molecule has 126 valence electrons. The highest BCUT2D eigenvalue weighted by molar-refractivity contribution is 6.32. The number of carbonyl (C=O) groups excluding carboxylic acids is 2. The summed E-state index contributed by atoms with van der Waals surface area (Å²) in [6.07, 6.45) is 6.64. The topological polar surface area (TPSA) is 111 Å². The molecule has 0 spiro atoms. The fourth-order valence-corrected chi connectivity index (χ4v) is 2.64. The molecule has 1 aliphatic heterocycles.